The minimum atomic E-state index is -0.541. The van der Waals surface area contributed by atoms with Gasteiger partial charge in [0.25, 0.3) is 11.6 Å². The van der Waals surface area contributed by atoms with E-state index < -0.39 is 4.92 Å². The molecule has 0 aliphatic heterocycles. The molecule has 2 aromatic rings. The van der Waals surface area contributed by atoms with Gasteiger partial charge in [-0.1, -0.05) is 6.07 Å². The van der Waals surface area contributed by atoms with Crippen molar-refractivity contribution in [2.75, 3.05) is 0 Å². The van der Waals surface area contributed by atoms with E-state index in [9.17, 15) is 14.9 Å². The first-order valence-corrected chi connectivity index (χ1v) is 6.50. The smallest absolute Gasteiger partial charge is 0.284 e. The topological polar surface area (TPSA) is 101 Å². The van der Waals surface area contributed by atoms with Crippen molar-refractivity contribution in [3.05, 3.63) is 55.8 Å². The van der Waals surface area contributed by atoms with Gasteiger partial charge >= 0.3 is 0 Å². The molecule has 1 aromatic heterocycles. The molecule has 0 aliphatic carbocycles. The molecule has 20 heavy (non-hydrogen) atoms. The van der Waals surface area contributed by atoms with Crippen LogP contribution in [0, 0.1) is 17.0 Å². The normalized spacial score (nSPS) is 10.3. The van der Waals surface area contributed by atoms with Crippen molar-refractivity contribution in [1.29, 1.82) is 0 Å². The first-order valence-electron chi connectivity index (χ1n) is 5.70. The highest BCUT2D eigenvalue weighted by Crippen LogP contribution is 2.28. The number of hydrogen-bond donors (Lipinski definition) is 2. The Morgan fingerprint density at radius 3 is 2.90 bits per heavy atom. The number of nitrogens with one attached hydrogen (secondary N) is 2. The van der Waals surface area contributed by atoms with E-state index in [2.05, 4.69) is 31.4 Å². The Kier molecular flexibility index (Phi) is 4.14. The Morgan fingerprint density at radius 1 is 1.55 bits per heavy atom. The Balaban J connectivity index is 2.16. The van der Waals surface area contributed by atoms with Crippen molar-refractivity contribution in [1.82, 2.24) is 15.5 Å². The predicted octanol–water partition coefficient (Wildman–Crippen LogP) is 2.32. The highest BCUT2D eigenvalue weighted by atomic mass is 79.9. The summed E-state index contributed by atoms with van der Waals surface area (Å²) in [5, 5.41) is 20.1. The van der Waals surface area contributed by atoms with Crippen LogP contribution in [0.25, 0.3) is 0 Å². The van der Waals surface area contributed by atoms with Crippen molar-refractivity contribution in [3.63, 3.8) is 0 Å². The lowest BCUT2D eigenvalue weighted by Gasteiger charge is -2.06. The molecule has 0 spiro atoms. The van der Waals surface area contributed by atoms with Crippen molar-refractivity contribution in [3.8, 4) is 0 Å². The molecule has 0 bridgehead atoms. The highest BCUT2D eigenvalue weighted by Gasteiger charge is 2.19. The van der Waals surface area contributed by atoms with Gasteiger partial charge in [-0.2, -0.15) is 5.10 Å². The van der Waals surface area contributed by atoms with E-state index in [4.69, 9.17) is 0 Å². The van der Waals surface area contributed by atoms with E-state index >= 15 is 0 Å². The molecule has 0 aliphatic rings. The molecule has 0 saturated heterocycles. The van der Waals surface area contributed by atoms with Gasteiger partial charge in [0.2, 0.25) is 0 Å². The Labute approximate surface area is 122 Å². The summed E-state index contributed by atoms with van der Waals surface area (Å²) in [6.45, 7) is 2.15. The van der Waals surface area contributed by atoms with Gasteiger partial charge in [0.1, 0.15) is 4.47 Å². The Morgan fingerprint density at radius 2 is 2.30 bits per heavy atom. The molecule has 0 radical (unpaired) electrons. The maximum absolute atomic E-state index is 12.1. The fourth-order valence-electron chi connectivity index (χ4n) is 1.66. The standard InChI is InChI=1S/C12H11BrN4O3/c1-7-8(6-15-16-7)5-14-12(18)9-3-2-4-10(11(9)13)17(19)20/h2-4,6H,5H2,1H3,(H,14,18)(H,15,16). The van der Waals surface area contributed by atoms with Gasteiger partial charge in [-0.05, 0) is 28.9 Å². The molecule has 7 nitrogen and oxygen atoms in total. The first-order chi connectivity index (χ1) is 9.50. The average Bonchev–Trinajstić information content (AvgIpc) is 2.81. The number of nitrogens with zero attached hydrogens (tertiary/aromatic N) is 2. The minimum absolute atomic E-state index is 0.142. The van der Waals surface area contributed by atoms with Crippen molar-refractivity contribution >= 4 is 27.5 Å². The molecule has 0 atom stereocenters. The lowest BCUT2D eigenvalue weighted by molar-refractivity contribution is -0.385. The predicted molar refractivity (Wildman–Crippen MR) is 75.3 cm³/mol. The number of aromatic nitrogens is 2. The molecule has 0 fully saturated rings. The third-order valence-electron chi connectivity index (χ3n) is 2.79. The first kappa shape index (κ1) is 14.2. The number of aryl methyl sites for hydroxylation is 1. The summed E-state index contributed by atoms with van der Waals surface area (Å²) in [4.78, 5) is 22.3. The molecular formula is C12H11BrN4O3. The number of nitro groups is 1. The summed E-state index contributed by atoms with van der Waals surface area (Å²) in [6.07, 6.45) is 1.62. The molecule has 2 N–H and O–H groups in total. The van der Waals surface area contributed by atoms with Gasteiger partial charge in [0.05, 0.1) is 16.7 Å². The van der Waals surface area contributed by atoms with E-state index in [0.29, 0.717) is 6.54 Å². The maximum Gasteiger partial charge on any atom is 0.284 e. The number of hydrogen-bond acceptors (Lipinski definition) is 4. The highest BCUT2D eigenvalue weighted by molar-refractivity contribution is 9.10. The monoisotopic (exact) mass is 338 g/mol. The average molecular weight is 339 g/mol. The van der Waals surface area contributed by atoms with Crippen LogP contribution in [0.1, 0.15) is 21.6 Å². The van der Waals surface area contributed by atoms with E-state index in [1.807, 2.05) is 6.92 Å². The van der Waals surface area contributed by atoms with Crippen LogP contribution in [0.15, 0.2) is 28.9 Å². The molecule has 8 heteroatoms. The zero-order valence-electron chi connectivity index (χ0n) is 10.5. The van der Waals surface area contributed by atoms with E-state index in [-0.39, 0.29) is 21.6 Å². The summed E-state index contributed by atoms with van der Waals surface area (Å²) in [7, 11) is 0. The molecule has 1 amide bonds. The third-order valence-corrected chi connectivity index (χ3v) is 3.63. The maximum atomic E-state index is 12.1. The second-order valence-electron chi connectivity index (χ2n) is 4.10. The number of carbonyl (C=O) groups is 1. The number of nitro benzene ring substituents is 1. The molecule has 1 aromatic carbocycles. The van der Waals surface area contributed by atoms with Gasteiger partial charge in [-0.25, -0.2) is 0 Å². The Hall–Kier alpha value is -2.22. The SMILES string of the molecule is Cc1[nH]ncc1CNC(=O)c1cccc([N+](=O)[O-])c1Br. The molecule has 0 saturated carbocycles. The lowest BCUT2D eigenvalue weighted by atomic mass is 10.2. The second kappa shape index (κ2) is 5.83. The van der Waals surface area contributed by atoms with Gasteiger partial charge in [0.15, 0.2) is 0 Å². The number of halogens is 1. The van der Waals surface area contributed by atoms with Crippen LogP contribution in [-0.4, -0.2) is 21.0 Å². The Bertz CT molecular complexity index is 668. The summed E-state index contributed by atoms with van der Waals surface area (Å²) < 4.78 is 0.173. The second-order valence-corrected chi connectivity index (χ2v) is 4.89. The van der Waals surface area contributed by atoms with Gasteiger partial charge in [-0.15, -0.1) is 0 Å². The van der Waals surface area contributed by atoms with E-state index in [1.54, 1.807) is 6.20 Å². The zero-order chi connectivity index (χ0) is 14.7. The number of carbonyl (C=O) groups excluding carboxylic acids is 1. The number of benzene rings is 1. The quantitative estimate of drug-likeness (QED) is 0.659. The number of amides is 1. The van der Waals surface area contributed by atoms with E-state index in [1.165, 1.54) is 18.2 Å². The summed E-state index contributed by atoms with van der Waals surface area (Å²) in [5.74, 6) is -0.388. The van der Waals surface area contributed by atoms with Crippen LogP contribution in [-0.2, 0) is 6.54 Å². The fourth-order valence-corrected chi connectivity index (χ4v) is 2.25. The van der Waals surface area contributed by atoms with Crippen LogP contribution in [0.2, 0.25) is 0 Å². The summed E-state index contributed by atoms with van der Waals surface area (Å²) in [6, 6.07) is 4.33. The van der Waals surface area contributed by atoms with Crippen LogP contribution < -0.4 is 5.32 Å². The van der Waals surface area contributed by atoms with E-state index in [0.717, 1.165) is 11.3 Å². The summed E-state index contributed by atoms with van der Waals surface area (Å²) in [5.41, 5.74) is 1.81. The van der Waals surface area contributed by atoms with Crippen LogP contribution >= 0.6 is 15.9 Å². The number of H-pyrrole nitrogens is 1. The molecular weight excluding hydrogens is 328 g/mol. The van der Waals surface area contributed by atoms with Gasteiger partial charge in [-0.3, -0.25) is 20.0 Å². The van der Waals surface area contributed by atoms with Crippen molar-refractivity contribution in [2.45, 2.75) is 13.5 Å². The molecule has 2 rings (SSSR count). The molecule has 1 heterocycles. The third kappa shape index (κ3) is 2.85. The minimum Gasteiger partial charge on any atom is -0.348 e. The lowest BCUT2D eigenvalue weighted by Crippen LogP contribution is -2.23. The van der Waals surface area contributed by atoms with Crippen LogP contribution in [0.3, 0.4) is 0 Å². The summed E-state index contributed by atoms with van der Waals surface area (Å²) >= 11 is 3.09. The van der Waals surface area contributed by atoms with Crippen LogP contribution in [0.5, 0.6) is 0 Å². The number of aromatic amines is 1. The fraction of sp³-hybridized carbons (Fsp3) is 0.167. The molecule has 104 valence electrons. The van der Waals surface area contributed by atoms with Crippen molar-refractivity contribution < 1.29 is 9.72 Å². The largest absolute Gasteiger partial charge is 0.348 e. The molecule has 0 unspecified atom stereocenters. The van der Waals surface area contributed by atoms with Crippen LogP contribution in [0.4, 0.5) is 5.69 Å². The number of rotatable bonds is 4. The van der Waals surface area contributed by atoms with Gasteiger partial charge in [0, 0.05) is 23.9 Å². The zero-order valence-corrected chi connectivity index (χ0v) is 12.1. The van der Waals surface area contributed by atoms with Gasteiger partial charge < -0.3 is 5.32 Å². The van der Waals surface area contributed by atoms with Crippen molar-refractivity contribution in [2.24, 2.45) is 0 Å².